The van der Waals surface area contributed by atoms with Crippen molar-refractivity contribution >= 4 is 17.6 Å². The van der Waals surface area contributed by atoms with Gasteiger partial charge in [0.05, 0.1) is 18.5 Å². The van der Waals surface area contributed by atoms with E-state index in [1.807, 2.05) is 67.6 Å². The summed E-state index contributed by atoms with van der Waals surface area (Å²) in [5.41, 5.74) is 3.80. The monoisotopic (exact) mass is 452 g/mol. The number of aromatic nitrogens is 2. The average Bonchev–Trinajstić information content (AvgIpc) is 3.21. The predicted molar refractivity (Wildman–Crippen MR) is 129 cm³/mol. The van der Waals surface area contributed by atoms with Crippen LogP contribution in [0.15, 0.2) is 84.9 Å². The maximum absolute atomic E-state index is 13.5. The van der Waals surface area contributed by atoms with E-state index in [0.29, 0.717) is 17.1 Å². The molecule has 0 bridgehead atoms. The van der Waals surface area contributed by atoms with Crippen LogP contribution in [0.5, 0.6) is 5.75 Å². The zero-order valence-electron chi connectivity index (χ0n) is 18.9. The third-order valence-electron chi connectivity index (χ3n) is 6.05. The van der Waals surface area contributed by atoms with Gasteiger partial charge in [-0.2, -0.15) is 5.10 Å². The number of aryl methyl sites for hydroxylation is 1. The van der Waals surface area contributed by atoms with Crippen LogP contribution in [0.2, 0.25) is 0 Å². The molecular weight excluding hydrogens is 428 g/mol. The average molecular weight is 453 g/mol. The normalized spacial score (nSPS) is 16.9. The Kier molecular flexibility index (Phi) is 5.59. The zero-order chi connectivity index (χ0) is 23.7. The molecule has 3 aromatic carbocycles. The summed E-state index contributed by atoms with van der Waals surface area (Å²) in [6.45, 7) is 1.92. The number of anilines is 1. The first kappa shape index (κ1) is 21.5. The lowest BCUT2D eigenvalue weighted by atomic mass is 9.81. The molecule has 4 aromatic rings. The SMILES string of the molecule is COc1cccc([C@@H]2c3c(C)nn(-c4ccccc4)c3NC(=O)[C@H]2NC(=O)c2ccccc2)c1. The topological polar surface area (TPSA) is 85.2 Å². The molecule has 0 saturated heterocycles. The van der Waals surface area contributed by atoms with Crippen molar-refractivity contribution in [1.82, 2.24) is 15.1 Å². The predicted octanol–water partition coefficient (Wildman–Crippen LogP) is 4.07. The first-order valence-corrected chi connectivity index (χ1v) is 11.0. The summed E-state index contributed by atoms with van der Waals surface area (Å²) in [6.07, 6.45) is 0. The van der Waals surface area contributed by atoms with Gasteiger partial charge >= 0.3 is 0 Å². The standard InChI is InChI=1S/C27H24N4O3/c1-17-22-23(19-12-9-15-21(16-19)34-2)24(28-26(32)18-10-5-3-6-11-18)27(33)29-25(22)31(30-17)20-13-7-4-8-14-20/h3-16,23-24H,1-2H3,(H,28,32)(H,29,33)/t23-,24+/m1/s1. The third kappa shape index (κ3) is 3.81. The first-order valence-electron chi connectivity index (χ1n) is 11.0. The zero-order valence-corrected chi connectivity index (χ0v) is 18.9. The number of fused-ring (bicyclic) bond motifs is 1. The Labute approximate surface area is 197 Å². The molecule has 34 heavy (non-hydrogen) atoms. The van der Waals surface area contributed by atoms with Gasteiger partial charge in [0.2, 0.25) is 5.91 Å². The first-order chi connectivity index (χ1) is 16.6. The van der Waals surface area contributed by atoms with Gasteiger partial charge in [-0.15, -0.1) is 0 Å². The molecule has 0 saturated carbocycles. The maximum Gasteiger partial charge on any atom is 0.251 e. The van der Waals surface area contributed by atoms with Crippen LogP contribution in [0.4, 0.5) is 5.82 Å². The van der Waals surface area contributed by atoms with Crippen molar-refractivity contribution in [3.63, 3.8) is 0 Å². The number of carbonyl (C=O) groups excluding carboxylic acids is 2. The minimum Gasteiger partial charge on any atom is -0.497 e. The van der Waals surface area contributed by atoms with Gasteiger partial charge in [0.25, 0.3) is 5.91 Å². The van der Waals surface area contributed by atoms with E-state index in [-0.39, 0.29) is 11.8 Å². The Bertz CT molecular complexity index is 1350. The highest BCUT2D eigenvalue weighted by molar-refractivity contribution is 6.04. The number of rotatable bonds is 5. The molecule has 2 amide bonds. The van der Waals surface area contributed by atoms with Crippen LogP contribution in [0.25, 0.3) is 5.69 Å². The minimum atomic E-state index is -0.834. The summed E-state index contributed by atoms with van der Waals surface area (Å²) in [5.74, 6) is 0.203. The molecule has 0 spiro atoms. The molecule has 7 heteroatoms. The number of hydrogen-bond acceptors (Lipinski definition) is 4. The van der Waals surface area contributed by atoms with E-state index >= 15 is 0 Å². The third-order valence-corrected chi connectivity index (χ3v) is 6.05. The minimum absolute atomic E-state index is 0.304. The van der Waals surface area contributed by atoms with E-state index in [2.05, 4.69) is 10.6 Å². The van der Waals surface area contributed by atoms with Crippen LogP contribution < -0.4 is 15.4 Å². The number of amides is 2. The molecular formula is C27H24N4O3. The number of nitrogens with one attached hydrogen (secondary N) is 2. The van der Waals surface area contributed by atoms with Gasteiger partial charge in [-0.25, -0.2) is 4.68 Å². The van der Waals surface area contributed by atoms with Gasteiger partial charge in [0.15, 0.2) is 0 Å². The van der Waals surface area contributed by atoms with Crippen LogP contribution in [-0.4, -0.2) is 34.7 Å². The number of hydrogen-bond donors (Lipinski definition) is 2. The Morgan fingerprint density at radius 2 is 1.71 bits per heavy atom. The maximum atomic E-state index is 13.5. The molecule has 5 rings (SSSR count). The van der Waals surface area contributed by atoms with Gasteiger partial charge in [-0.1, -0.05) is 48.5 Å². The molecule has 0 radical (unpaired) electrons. The Morgan fingerprint density at radius 3 is 2.41 bits per heavy atom. The quantitative estimate of drug-likeness (QED) is 0.478. The fourth-order valence-electron chi connectivity index (χ4n) is 4.46. The van der Waals surface area contributed by atoms with Crippen molar-refractivity contribution in [3.8, 4) is 11.4 Å². The van der Waals surface area contributed by atoms with Crippen LogP contribution in [0, 0.1) is 6.92 Å². The molecule has 2 atom stereocenters. The summed E-state index contributed by atoms with van der Waals surface area (Å²) in [7, 11) is 1.60. The van der Waals surface area contributed by atoms with Gasteiger partial charge in [-0.3, -0.25) is 9.59 Å². The number of methoxy groups -OCH3 is 1. The van der Waals surface area contributed by atoms with Gasteiger partial charge in [0.1, 0.15) is 17.6 Å². The van der Waals surface area contributed by atoms with E-state index in [1.54, 1.807) is 36.1 Å². The van der Waals surface area contributed by atoms with E-state index < -0.39 is 12.0 Å². The largest absolute Gasteiger partial charge is 0.497 e. The summed E-state index contributed by atoms with van der Waals surface area (Å²) in [5, 5.41) is 10.7. The molecule has 0 fully saturated rings. The Balaban J connectivity index is 1.64. The van der Waals surface area contributed by atoms with E-state index in [9.17, 15) is 9.59 Å². The summed E-state index contributed by atoms with van der Waals surface area (Å²) >= 11 is 0. The second-order valence-electron chi connectivity index (χ2n) is 8.16. The lowest BCUT2D eigenvalue weighted by Crippen LogP contribution is -2.50. The highest BCUT2D eigenvalue weighted by Gasteiger charge is 2.42. The van der Waals surface area contributed by atoms with E-state index in [4.69, 9.17) is 9.84 Å². The summed E-state index contributed by atoms with van der Waals surface area (Å²) in [4.78, 5) is 26.5. The van der Waals surface area contributed by atoms with Crippen molar-refractivity contribution in [3.05, 3.63) is 107 Å². The second kappa shape index (κ2) is 8.86. The van der Waals surface area contributed by atoms with Gasteiger partial charge in [-0.05, 0) is 48.9 Å². The Morgan fingerprint density at radius 1 is 1.00 bits per heavy atom. The highest BCUT2D eigenvalue weighted by Crippen LogP contribution is 2.41. The molecule has 1 aliphatic rings. The van der Waals surface area contributed by atoms with Crippen LogP contribution in [0.3, 0.4) is 0 Å². The summed E-state index contributed by atoms with van der Waals surface area (Å²) in [6, 6.07) is 25.3. The van der Waals surface area contributed by atoms with Crippen molar-refractivity contribution in [2.45, 2.75) is 18.9 Å². The number of carbonyl (C=O) groups is 2. The smallest absolute Gasteiger partial charge is 0.251 e. The Hall–Kier alpha value is -4.39. The van der Waals surface area contributed by atoms with Crippen molar-refractivity contribution in [1.29, 1.82) is 0 Å². The van der Waals surface area contributed by atoms with Gasteiger partial charge < -0.3 is 15.4 Å². The molecule has 170 valence electrons. The lowest BCUT2D eigenvalue weighted by molar-refractivity contribution is -0.118. The molecule has 2 heterocycles. The molecule has 2 N–H and O–H groups in total. The molecule has 0 aliphatic carbocycles. The fourth-order valence-corrected chi connectivity index (χ4v) is 4.46. The molecule has 1 aliphatic heterocycles. The fraction of sp³-hybridized carbons (Fsp3) is 0.148. The molecule has 1 aromatic heterocycles. The van der Waals surface area contributed by atoms with Crippen molar-refractivity contribution in [2.75, 3.05) is 12.4 Å². The van der Waals surface area contributed by atoms with Crippen LogP contribution in [-0.2, 0) is 4.79 Å². The number of nitrogens with zero attached hydrogens (tertiary/aromatic N) is 2. The van der Waals surface area contributed by atoms with E-state index in [0.717, 1.165) is 22.5 Å². The van der Waals surface area contributed by atoms with E-state index in [1.165, 1.54) is 0 Å². The van der Waals surface area contributed by atoms with Crippen molar-refractivity contribution < 1.29 is 14.3 Å². The highest BCUT2D eigenvalue weighted by atomic mass is 16.5. The van der Waals surface area contributed by atoms with Crippen LogP contribution in [0.1, 0.15) is 33.1 Å². The van der Waals surface area contributed by atoms with Crippen molar-refractivity contribution in [2.24, 2.45) is 0 Å². The number of ether oxygens (including phenoxy) is 1. The molecule has 0 unspecified atom stereocenters. The lowest BCUT2D eigenvalue weighted by Gasteiger charge is -2.33. The molecule has 7 nitrogen and oxygen atoms in total. The number of benzene rings is 3. The summed E-state index contributed by atoms with van der Waals surface area (Å²) < 4.78 is 7.18. The van der Waals surface area contributed by atoms with Gasteiger partial charge in [0, 0.05) is 17.0 Å². The van der Waals surface area contributed by atoms with Crippen LogP contribution >= 0.6 is 0 Å². The second-order valence-corrected chi connectivity index (χ2v) is 8.16. The number of para-hydroxylation sites is 1.